The summed E-state index contributed by atoms with van der Waals surface area (Å²) < 4.78 is 11.4. The molecule has 3 nitrogen and oxygen atoms in total. The SMILES string of the molecule is COc1ccccc1[PH+](c1ccccc1OC)c1cccc(C(C)(C)C)c1O.[Cl][Ti][Cl]. The van der Waals surface area contributed by atoms with Crippen molar-refractivity contribution in [1.82, 2.24) is 0 Å². The van der Waals surface area contributed by atoms with Crippen LogP contribution in [0.2, 0.25) is 0 Å². The zero-order chi connectivity index (χ0) is 23.0. The van der Waals surface area contributed by atoms with Crippen molar-refractivity contribution in [3.05, 3.63) is 72.3 Å². The van der Waals surface area contributed by atoms with Crippen LogP contribution in [0.1, 0.15) is 26.3 Å². The zero-order valence-electron chi connectivity index (χ0n) is 18.4. The minimum absolute atomic E-state index is 0.158. The molecule has 0 atom stereocenters. The third-order valence-corrected chi connectivity index (χ3v) is 7.71. The van der Waals surface area contributed by atoms with Crippen LogP contribution >= 0.6 is 26.5 Å². The molecule has 164 valence electrons. The molecule has 1 N–H and O–H groups in total. The summed E-state index contributed by atoms with van der Waals surface area (Å²) >= 11 is -0.556. The molecular weight excluding hydrogens is 486 g/mol. The maximum atomic E-state index is 11.3. The summed E-state index contributed by atoms with van der Waals surface area (Å²) in [5.74, 6) is 2.01. The van der Waals surface area contributed by atoms with Crippen molar-refractivity contribution in [3.63, 3.8) is 0 Å². The summed E-state index contributed by atoms with van der Waals surface area (Å²) in [6, 6.07) is 22.1. The van der Waals surface area contributed by atoms with E-state index in [0.717, 1.165) is 33.0 Å². The molecule has 0 saturated carbocycles. The number of phenols is 1. The number of rotatable bonds is 5. The van der Waals surface area contributed by atoms with Crippen LogP contribution in [0.25, 0.3) is 0 Å². The summed E-state index contributed by atoms with van der Waals surface area (Å²) in [6.07, 6.45) is 0. The number of methoxy groups -OCH3 is 2. The number of halogens is 2. The number of benzene rings is 3. The molecule has 0 spiro atoms. The zero-order valence-corrected chi connectivity index (χ0v) is 22.4. The van der Waals surface area contributed by atoms with Crippen molar-refractivity contribution in [2.45, 2.75) is 26.2 Å². The van der Waals surface area contributed by atoms with Crippen LogP contribution in [0.15, 0.2) is 66.7 Å². The van der Waals surface area contributed by atoms with Gasteiger partial charge in [-0.1, -0.05) is 57.2 Å². The third-order valence-electron chi connectivity index (χ3n) is 4.87. The molecule has 3 rings (SSSR count). The number of para-hydroxylation sites is 3. The van der Waals surface area contributed by atoms with E-state index in [1.165, 1.54) is 0 Å². The van der Waals surface area contributed by atoms with Crippen LogP contribution in [0.3, 0.4) is 0 Å². The Morgan fingerprint density at radius 2 is 1.16 bits per heavy atom. The monoisotopic (exact) mass is 513 g/mol. The summed E-state index contributed by atoms with van der Waals surface area (Å²) in [5.41, 5.74) is 0.784. The van der Waals surface area contributed by atoms with E-state index in [-0.39, 0.29) is 5.41 Å². The second-order valence-electron chi connectivity index (χ2n) is 7.80. The topological polar surface area (TPSA) is 38.7 Å². The summed E-state index contributed by atoms with van der Waals surface area (Å²) in [7, 11) is 11.6. The minimum atomic E-state index is -1.57. The molecule has 0 amide bonds. The Kier molecular flexibility index (Phi) is 10.2. The average molecular weight is 514 g/mol. The van der Waals surface area contributed by atoms with E-state index in [0.29, 0.717) is 5.75 Å². The van der Waals surface area contributed by atoms with E-state index in [1.54, 1.807) is 14.2 Å². The Bertz CT molecular complexity index is 945. The fraction of sp³-hybridized carbons (Fsp3) is 0.250. The molecule has 31 heavy (non-hydrogen) atoms. The van der Waals surface area contributed by atoms with E-state index < -0.39 is 25.0 Å². The molecule has 3 aromatic rings. The molecule has 0 aliphatic heterocycles. The number of ether oxygens (including phenoxy) is 2. The second kappa shape index (κ2) is 12.1. The van der Waals surface area contributed by atoms with Gasteiger partial charge in [0.2, 0.25) is 0 Å². The number of aromatic hydroxyl groups is 1. The van der Waals surface area contributed by atoms with Crippen molar-refractivity contribution in [1.29, 1.82) is 0 Å². The molecule has 0 fully saturated rings. The van der Waals surface area contributed by atoms with Crippen molar-refractivity contribution >= 4 is 42.4 Å². The first-order chi connectivity index (χ1) is 14.8. The molecule has 0 aliphatic rings. The summed E-state index contributed by atoms with van der Waals surface area (Å²) in [5, 5.41) is 14.4. The van der Waals surface area contributed by atoms with Crippen LogP contribution in [0.5, 0.6) is 17.2 Å². The molecule has 0 radical (unpaired) electrons. The molecule has 0 aromatic heterocycles. The van der Waals surface area contributed by atoms with Gasteiger partial charge >= 0.3 is 35.6 Å². The van der Waals surface area contributed by atoms with Crippen molar-refractivity contribution in [3.8, 4) is 17.2 Å². The average Bonchev–Trinajstić information content (AvgIpc) is 2.75. The van der Waals surface area contributed by atoms with Gasteiger partial charge in [-0.05, 0) is 35.7 Å². The Labute approximate surface area is 203 Å². The van der Waals surface area contributed by atoms with Gasteiger partial charge in [-0.2, -0.15) is 0 Å². The first kappa shape index (κ1) is 26.0. The van der Waals surface area contributed by atoms with Gasteiger partial charge in [0.1, 0.15) is 23.8 Å². The number of hydrogen-bond donors (Lipinski definition) is 1. The van der Waals surface area contributed by atoms with Crippen LogP contribution in [0, 0.1) is 0 Å². The molecule has 7 heteroatoms. The molecule has 0 unspecified atom stereocenters. The van der Waals surface area contributed by atoms with E-state index in [2.05, 4.69) is 32.9 Å². The molecule has 0 saturated heterocycles. The summed E-state index contributed by atoms with van der Waals surface area (Å²) in [6.45, 7) is 6.35. The maximum absolute atomic E-state index is 11.3. The van der Waals surface area contributed by atoms with Gasteiger partial charge in [0.05, 0.1) is 14.2 Å². The predicted octanol–water partition coefficient (Wildman–Crippen LogP) is 5.57. The summed E-state index contributed by atoms with van der Waals surface area (Å²) in [4.78, 5) is 0. The van der Waals surface area contributed by atoms with Gasteiger partial charge in [0.25, 0.3) is 0 Å². The number of phenolic OH excluding ortho intramolecular Hbond substituents is 1. The van der Waals surface area contributed by atoms with Gasteiger partial charge in [0, 0.05) is 5.56 Å². The molecule has 0 aliphatic carbocycles. The van der Waals surface area contributed by atoms with Gasteiger partial charge in [0.15, 0.2) is 17.2 Å². The Balaban J connectivity index is 0.00000107. The second-order valence-corrected chi connectivity index (χ2v) is 12.7. The van der Waals surface area contributed by atoms with Gasteiger partial charge in [-0.15, -0.1) is 0 Å². The van der Waals surface area contributed by atoms with Gasteiger partial charge in [-0.3, -0.25) is 0 Å². The Morgan fingerprint density at radius 1 is 0.742 bits per heavy atom. The van der Waals surface area contributed by atoms with Crippen LogP contribution in [0.4, 0.5) is 0 Å². The van der Waals surface area contributed by atoms with E-state index in [9.17, 15) is 5.11 Å². The standard InChI is InChI=1S/C24H27O3P.2ClH.Ti/c1-24(2,3)17-11-10-16-22(23(17)25)28(20-14-8-6-12-18(20)26-4)21-15-9-7-13-19(21)27-5;;;/h6-16,25H,1-5H3;2*1H;/q;;;+2/p-1. The first-order valence-corrected chi connectivity index (χ1v) is 15.5. The van der Waals surface area contributed by atoms with E-state index in [4.69, 9.17) is 28.1 Å². The molecular formula is C24H28Cl2O3PTi+. The van der Waals surface area contributed by atoms with E-state index in [1.807, 2.05) is 54.6 Å². The van der Waals surface area contributed by atoms with Crippen LogP contribution in [-0.2, 0) is 22.4 Å². The quantitative estimate of drug-likeness (QED) is 0.358. The Hall–Kier alpha value is -1.22. The molecule has 0 bridgehead atoms. The predicted molar refractivity (Wildman–Crippen MR) is 132 cm³/mol. The van der Waals surface area contributed by atoms with Gasteiger partial charge < -0.3 is 14.6 Å². The van der Waals surface area contributed by atoms with E-state index >= 15 is 0 Å². The molecule has 0 heterocycles. The number of hydrogen-bond acceptors (Lipinski definition) is 3. The fourth-order valence-corrected chi connectivity index (χ4v) is 6.38. The van der Waals surface area contributed by atoms with Crippen LogP contribution in [-0.4, -0.2) is 19.3 Å². The van der Waals surface area contributed by atoms with Crippen LogP contribution < -0.4 is 25.4 Å². The first-order valence-electron chi connectivity index (χ1n) is 9.73. The van der Waals surface area contributed by atoms with Crippen molar-refractivity contribution < 1.29 is 31.6 Å². The van der Waals surface area contributed by atoms with Crippen molar-refractivity contribution in [2.75, 3.05) is 14.2 Å². The molecule has 3 aromatic carbocycles. The fourth-order valence-electron chi connectivity index (χ4n) is 3.49. The Morgan fingerprint density at radius 3 is 1.58 bits per heavy atom. The third kappa shape index (κ3) is 6.40. The van der Waals surface area contributed by atoms with Gasteiger partial charge in [-0.25, -0.2) is 0 Å². The normalized spacial score (nSPS) is 10.8. The van der Waals surface area contributed by atoms with Crippen molar-refractivity contribution in [2.24, 2.45) is 0 Å².